The van der Waals surface area contributed by atoms with Crippen molar-refractivity contribution in [2.24, 2.45) is 11.5 Å². The highest BCUT2D eigenvalue weighted by molar-refractivity contribution is 6.29. The number of benzene rings is 2. The lowest BCUT2D eigenvalue weighted by Crippen LogP contribution is -2.39. The van der Waals surface area contributed by atoms with Gasteiger partial charge in [-0.3, -0.25) is 28.8 Å². The fourth-order valence-corrected chi connectivity index (χ4v) is 3.67. The van der Waals surface area contributed by atoms with Crippen molar-refractivity contribution in [3.8, 4) is 0 Å². The van der Waals surface area contributed by atoms with E-state index in [1.54, 1.807) is 0 Å². The first-order chi connectivity index (χ1) is 18.0. The highest BCUT2D eigenvalue weighted by Crippen LogP contribution is 2.31. The zero-order valence-corrected chi connectivity index (χ0v) is 21.1. The Kier molecular flexibility index (Phi) is 9.05. The Bertz CT molecular complexity index is 1210. The monoisotopic (exact) mass is 522 g/mol. The predicted octanol–water partition coefficient (Wildman–Crippen LogP) is 0.0460. The molecule has 0 unspecified atom stereocenters. The molecule has 0 aromatic heterocycles. The number of ketones is 2. The molecule has 0 fully saturated rings. The molecule has 4 amide bonds. The largest absolute Gasteiger partial charge is 0.354 e. The summed E-state index contributed by atoms with van der Waals surface area (Å²) in [7, 11) is 0. The average Bonchev–Trinajstić information content (AvgIpc) is 2.86. The summed E-state index contributed by atoms with van der Waals surface area (Å²) in [5.74, 6) is -2.34. The van der Waals surface area contributed by atoms with Gasteiger partial charge in [-0.1, -0.05) is 0 Å². The first-order valence-electron chi connectivity index (χ1n) is 12.0. The predicted molar refractivity (Wildman–Crippen MR) is 140 cm³/mol. The van der Waals surface area contributed by atoms with Crippen molar-refractivity contribution in [2.75, 3.05) is 23.7 Å². The van der Waals surface area contributed by atoms with E-state index in [0.717, 1.165) is 0 Å². The fraction of sp³-hybridized carbons (Fsp3) is 0.308. The molecule has 0 spiro atoms. The maximum absolute atomic E-state index is 13.3. The summed E-state index contributed by atoms with van der Waals surface area (Å²) < 4.78 is 0. The number of hydrogen-bond acceptors (Lipinski definition) is 8. The van der Waals surface area contributed by atoms with Gasteiger partial charge in [-0.05, 0) is 50.2 Å². The number of rotatable bonds is 10. The van der Waals surface area contributed by atoms with Crippen LogP contribution in [0.4, 0.5) is 11.4 Å². The van der Waals surface area contributed by atoms with Gasteiger partial charge < -0.3 is 32.7 Å². The number of nitrogens with two attached hydrogens (primary N) is 2. The number of carbonyl (C=O) groups excluding carboxylic acids is 6. The lowest BCUT2D eigenvalue weighted by Gasteiger charge is -2.19. The molecule has 1 aliphatic carbocycles. The van der Waals surface area contributed by atoms with Crippen LogP contribution in [-0.2, 0) is 19.2 Å². The molecule has 2 atom stereocenters. The molecule has 2 aromatic carbocycles. The Hall–Kier alpha value is -4.42. The highest BCUT2D eigenvalue weighted by atomic mass is 16.2. The first-order valence-corrected chi connectivity index (χ1v) is 12.0. The Labute approximate surface area is 218 Å². The van der Waals surface area contributed by atoms with Crippen molar-refractivity contribution in [3.05, 3.63) is 58.7 Å². The number of hydrogen-bond donors (Lipinski definition) is 6. The van der Waals surface area contributed by atoms with E-state index in [1.807, 2.05) is 0 Å². The molecule has 12 heteroatoms. The molecule has 12 nitrogen and oxygen atoms in total. The van der Waals surface area contributed by atoms with Crippen LogP contribution in [0.1, 0.15) is 58.5 Å². The number of anilines is 2. The molecule has 0 saturated carbocycles. The standard InChI is InChI=1S/C26H30N6O6/c1-13(27)25(37)29-9-7-21(33)31-15-3-5-17-19(11-15)24(36)20-12-16(4-6-18(20)23(17)35)32-22(34)8-10-30-26(38)14(2)28/h3-6,11-14H,7-10,27-28H2,1-2H3,(H,29,37)(H,30,38)(H,31,33)(H,32,34)/t13-,14-/m0/s1. The third-order valence-corrected chi connectivity index (χ3v) is 5.71. The van der Waals surface area contributed by atoms with Crippen LogP contribution >= 0.6 is 0 Å². The minimum Gasteiger partial charge on any atom is -0.354 e. The number of carbonyl (C=O) groups is 6. The summed E-state index contributed by atoms with van der Waals surface area (Å²) in [5, 5.41) is 10.4. The summed E-state index contributed by atoms with van der Waals surface area (Å²) in [4.78, 5) is 73.8. The van der Waals surface area contributed by atoms with E-state index in [0.29, 0.717) is 11.4 Å². The molecule has 0 heterocycles. The topological polar surface area (TPSA) is 203 Å². The van der Waals surface area contributed by atoms with Gasteiger partial charge in [0.2, 0.25) is 23.6 Å². The second kappa shape index (κ2) is 12.2. The van der Waals surface area contributed by atoms with Gasteiger partial charge in [0.15, 0.2) is 11.6 Å². The molecule has 0 saturated heterocycles. The molecule has 0 aliphatic heterocycles. The minimum absolute atomic E-state index is 0.0107. The van der Waals surface area contributed by atoms with E-state index in [4.69, 9.17) is 11.5 Å². The molecular weight excluding hydrogens is 492 g/mol. The van der Waals surface area contributed by atoms with Crippen molar-refractivity contribution in [1.29, 1.82) is 0 Å². The zero-order chi connectivity index (χ0) is 28.0. The molecule has 2 aromatic rings. The van der Waals surface area contributed by atoms with Crippen molar-refractivity contribution in [3.63, 3.8) is 0 Å². The summed E-state index contributed by atoms with van der Waals surface area (Å²) in [6.45, 7) is 3.24. The van der Waals surface area contributed by atoms with E-state index in [1.165, 1.54) is 50.2 Å². The van der Waals surface area contributed by atoms with Gasteiger partial charge in [0.25, 0.3) is 0 Å². The minimum atomic E-state index is -0.688. The number of fused-ring (bicyclic) bond motifs is 2. The molecule has 200 valence electrons. The van der Waals surface area contributed by atoms with Crippen molar-refractivity contribution < 1.29 is 28.8 Å². The van der Waals surface area contributed by atoms with Gasteiger partial charge in [0.05, 0.1) is 12.1 Å². The number of nitrogens with one attached hydrogen (secondary N) is 4. The van der Waals surface area contributed by atoms with Crippen molar-refractivity contribution >= 4 is 46.6 Å². The van der Waals surface area contributed by atoms with Crippen LogP contribution in [0, 0.1) is 0 Å². The van der Waals surface area contributed by atoms with Gasteiger partial charge in [0.1, 0.15) is 0 Å². The van der Waals surface area contributed by atoms with Crippen LogP contribution in [-0.4, -0.2) is 60.4 Å². The SMILES string of the molecule is C[C@H](N)C(=O)NCCC(=O)Nc1ccc2c(c1)C(=O)c1cc(NC(=O)CCNC(=O)[C@H](C)N)ccc1C2=O. The highest BCUT2D eigenvalue weighted by Gasteiger charge is 2.30. The molecule has 38 heavy (non-hydrogen) atoms. The van der Waals surface area contributed by atoms with E-state index in [-0.39, 0.29) is 65.8 Å². The van der Waals surface area contributed by atoms with Crippen molar-refractivity contribution in [1.82, 2.24) is 10.6 Å². The lowest BCUT2D eigenvalue weighted by molar-refractivity contribution is -0.123. The maximum atomic E-state index is 13.3. The first kappa shape index (κ1) is 28.2. The third-order valence-electron chi connectivity index (χ3n) is 5.71. The second-order valence-corrected chi connectivity index (χ2v) is 8.93. The number of amides is 4. The Morgan fingerprint density at radius 3 is 1.39 bits per heavy atom. The zero-order valence-electron chi connectivity index (χ0n) is 21.1. The summed E-state index contributed by atoms with van der Waals surface area (Å²) in [6.07, 6.45) is -0.0213. The van der Waals surface area contributed by atoms with E-state index >= 15 is 0 Å². The Morgan fingerprint density at radius 1 is 0.658 bits per heavy atom. The molecule has 0 bridgehead atoms. The third kappa shape index (κ3) is 6.87. The van der Waals surface area contributed by atoms with Gasteiger partial charge in [-0.15, -0.1) is 0 Å². The van der Waals surface area contributed by atoms with Gasteiger partial charge in [-0.25, -0.2) is 0 Å². The van der Waals surface area contributed by atoms with Gasteiger partial charge in [0, 0.05) is 59.6 Å². The van der Waals surface area contributed by atoms with Crippen LogP contribution in [0.15, 0.2) is 36.4 Å². The van der Waals surface area contributed by atoms with Gasteiger partial charge in [-0.2, -0.15) is 0 Å². The molecule has 3 rings (SSSR count). The van der Waals surface area contributed by atoms with Gasteiger partial charge >= 0.3 is 0 Å². The fourth-order valence-electron chi connectivity index (χ4n) is 3.67. The van der Waals surface area contributed by atoms with Crippen LogP contribution in [0.2, 0.25) is 0 Å². The Balaban J connectivity index is 1.67. The second-order valence-electron chi connectivity index (χ2n) is 8.93. The molecule has 1 aliphatic rings. The van der Waals surface area contributed by atoms with Crippen LogP contribution in [0.25, 0.3) is 0 Å². The Morgan fingerprint density at radius 2 is 1.03 bits per heavy atom. The maximum Gasteiger partial charge on any atom is 0.236 e. The quantitative estimate of drug-likeness (QED) is 0.214. The van der Waals surface area contributed by atoms with E-state index in [2.05, 4.69) is 21.3 Å². The normalized spacial score (nSPS) is 13.5. The lowest BCUT2D eigenvalue weighted by atomic mass is 9.83. The molecular formula is C26H30N6O6. The van der Waals surface area contributed by atoms with E-state index in [9.17, 15) is 28.8 Å². The smallest absolute Gasteiger partial charge is 0.236 e. The molecule has 0 radical (unpaired) electrons. The van der Waals surface area contributed by atoms with Crippen LogP contribution in [0.5, 0.6) is 0 Å². The molecule has 8 N–H and O–H groups in total. The average molecular weight is 523 g/mol. The van der Waals surface area contributed by atoms with Crippen LogP contribution < -0.4 is 32.7 Å². The summed E-state index contributed by atoms with van der Waals surface area (Å²) in [6, 6.07) is 7.44. The van der Waals surface area contributed by atoms with E-state index < -0.39 is 29.7 Å². The summed E-state index contributed by atoms with van der Waals surface area (Å²) in [5.41, 5.74) is 12.2. The summed E-state index contributed by atoms with van der Waals surface area (Å²) >= 11 is 0. The van der Waals surface area contributed by atoms with Crippen molar-refractivity contribution in [2.45, 2.75) is 38.8 Å². The van der Waals surface area contributed by atoms with Crippen LogP contribution in [0.3, 0.4) is 0 Å².